The van der Waals surface area contributed by atoms with E-state index < -0.39 is 16.7 Å². The first-order chi connectivity index (χ1) is 13.2. The molecule has 148 valence electrons. The second-order valence-electron chi connectivity index (χ2n) is 6.47. The number of carbonyl (C=O) groups is 2. The highest BCUT2D eigenvalue weighted by Gasteiger charge is 2.22. The van der Waals surface area contributed by atoms with Gasteiger partial charge in [-0.05, 0) is 50.3 Å². The van der Waals surface area contributed by atoms with E-state index in [0.717, 1.165) is 5.56 Å². The van der Waals surface area contributed by atoms with E-state index in [-0.39, 0.29) is 29.8 Å². The molecular weight excluding hydrogens is 367 g/mol. The number of nitrogens with one attached hydrogen (secondary N) is 2. The largest absolute Gasteiger partial charge is 0.346 e. The molecular formula is C19H21FN4O4. The van der Waals surface area contributed by atoms with Crippen LogP contribution in [0.1, 0.15) is 17.2 Å². The Labute approximate surface area is 161 Å². The van der Waals surface area contributed by atoms with E-state index in [4.69, 9.17) is 0 Å². The van der Waals surface area contributed by atoms with Crippen LogP contribution in [0.15, 0.2) is 42.5 Å². The van der Waals surface area contributed by atoms with Gasteiger partial charge in [0, 0.05) is 12.6 Å². The molecule has 2 rings (SSSR count). The van der Waals surface area contributed by atoms with Gasteiger partial charge < -0.3 is 15.5 Å². The fourth-order valence-electron chi connectivity index (χ4n) is 2.63. The Morgan fingerprint density at radius 1 is 1.14 bits per heavy atom. The Bertz CT molecular complexity index is 884. The lowest BCUT2D eigenvalue weighted by Gasteiger charge is -2.25. The van der Waals surface area contributed by atoms with E-state index in [1.807, 2.05) is 4.90 Å². The average Bonchev–Trinajstić information content (AvgIpc) is 2.64. The molecule has 0 aromatic heterocycles. The molecule has 2 aromatic carbocycles. The SMILES string of the molecule is Cc1ccc(NC(=O)C(=O)NC[C@H](c2ccc(F)cc2)N(C)C)c([N+](=O)[O-])c1. The first kappa shape index (κ1) is 21.0. The Morgan fingerprint density at radius 2 is 1.79 bits per heavy atom. The van der Waals surface area contributed by atoms with Gasteiger partial charge in [0.05, 0.1) is 11.0 Å². The number of benzene rings is 2. The first-order valence-corrected chi connectivity index (χ1v) is 8.45. The van der Waals surface area contributed by atoms with Gasteiger partial charge in [0.2, 0.25) is 0 Å². The van der Waals surface area contributed by atoms with Gasteiger partial charge in [-0.3, -0.25) is 19.7 Å². The summed E-state index contributed by atoms with van der Waals surface area (Å²) in [5.41, 5.74) is 1.07. The number of rotatable bonds is 6. The monoisotopic (exact) mass is 388 g/mol. The molecule has 0 saturated heterocycles. The third kappa shape index (κ3) is 5.34. The molecule has 0 aliphatic carbocycles. The molecule has 9 heteroatoms. The van der Waals surface area contributed by atoms with Crippen LogP contribution in [0.4, 0.5) is 15.8 Å². The quantitative estimate of drug-likeness (QED) is 0.449. The highest BCUT2D eigenvalue weighted by atomic mass is 19.1. The predicted molar refractivity (Wildman–Crippen MR) is 102 cm³/mol. The maximum Gasteiger partial charge on any atom is 0.313 e. The van der Waals surface area contributed by atoms with Crippen LogP contribution in [-0.4, -0.2) is 42.3 Å². The lowest BCUT2D eigenvalue weighted by Crippen LogP contribution is -2.40. The second kappa shape index (κ2) is 9.05. The molecule has 0 radical (unpaired) electrons. The van der Waals surface area contributed by atoms with Crippen LogP contribution >= 0.6 is 0 Å². The van der Waals surface area contributed by atoms with Crippen molar-refractivity contribution >= 4 is 23.2 Å². The lowest BCUT2D eigenvalue weighted by atomic mass is 10.1. The topological polar surface area (TPSA) is 105 Å². The third-order valence-corrected chi connectivity index (χ3v) is 4.14. The summed E-state index contributed by atoms with van der Waals surface area (Å²) in [4.78, 5) is 36.6. The van der Waals surface area contributed by atoms with E-state index in [9.17, 15) is 24.1 Å². The Kier molecular flexibility index (Phi) is 6.78. The van der Waals surface area contributed by atoms with Crippen molar-refractivity contribution in [2.45, 2.75) is 13.0 Å². The molecule has 2 amide bonds. The second-order valence-corrected chi connectivity index (χ2v) is 6.47. The normalized spacial score (nSPS) is 11.8. The Hall–Kier alpha value is -3.33. The van der Waals surface area contributed by atoms with Crippen LogP contribution in [0, 0.1) is 22.9 Å². The molecule has 8 nitrogen and oxygen atoms in total. The zero-order chi connectivity index (χ0) is 20.8. The maximum absolute atomic E-state index is 13.1. The van der Waals surface area contributed by atoms with Gasteiger partial charge in [0.15, 0.2) is 0 Å². The fraction of sp³-hybridized carbons (Fsp3) is 0.263. The van der Waals surface area contributed by atoms with E-state index in [0.29, 0.717) is 5.56 Å². The van der Waals surface area contributed by atoms with Crippen LogP contribution in [-0.2, 0) is 9.59 Å². The Morgan fingerprint density at radius 3 is 2.36 bits per heavy atom. The van der Waals surface area contributed by atoms with Crippen molar-refractivity contribution in [3.63, 3.8) is 0 Å². The van der Waals surface area contributed by atoms with E-state index in [2.05, 4.69) is 10.6 Å². The summed E-state index contributed by atoms with van der Waals surface area (Å²) < 4.78 is 13.1. The highest BCUT2D eigenvalue weighted by molar-refractivity contribution is 6.39. The van der Waals surface area contributed by atoms with Gasteiger partial charge in [0.1, 0.15) is 11.5 Å². The number of nitrogens with zero attached hydrogens (tertiary/aromatic N) is 2. The standard InChI is InChI=1S/C19H21FN4O4/c1-12-4-9-15(16(10-12)24(27)28)22-19(26)18(25)21-11-17(23(2)3)13-5-7-14(20)8-6-13/h4-10,17H,11H2,1-3H3,(H,21,25)(H,22,26)/t17-/m1/s1. The van der Waals surface area contributed by atoms with E-state index >= 15 is 0 Å². The van der Waals surface area contributed by atoms with Crippen LogP contribution in [0.5, 0.6) is 0 Å². The molecule has 28 heavy (non-hydrogen) atoms. The number of amides is 2. The summed E-state index contributed by atoms with van der Waals surface area (Å²) in [6, 6.07) is 9.82. The predicted octanol–water partition coefficient (Wildman–Crippen LogP) is 2.40. The van der Waals surface area contributed by atoms with E-state index in [1.165, 1.54) is 24.3 Å². The molecule has 0 unspecified atom stereocenters. The molecule has 1 atom stereocenters. The number of hydrogen-bond acceptors (Lipinski definition) is 5. The highest BCUT2D eigenvalue weighted by Crippen LogP contribution is 2.25. The van der Waals surface area contributed by atoms with Crippen molar-refractivity contribution in [2.24, 2.45) is 0 Å². The number of likely N-dealkylation sites (N-methyl/N-ethyl adjacent to an activating group) is 1. The van der Waals surface area contributed by atoms with Gasteiger partial charge in [-0.2, -0.15) is 0 Å². The lowest BCUT2D eigenvalue weighted by molar-refractivity contribution is -0.384. The van der Waals surface area contributed by atoms with Crippen molar-refractivity contribution in [1.29, 1.82) is 0 Å². The summed E-state index contributed by atoms with van der Waals surface area (Å²) in [6.07, 6.45) is 0. The molecule has 0 aliphatic heterocycles. The number of carbonyl (C=O) groups excluding carboxylic acids is 2. The summed E-state index contributed by atoms with van der Waals surface area (Å²) in [5.74, 6) is -2.31. The van der Waals surface area contributed by atoms with Crippen molar-refractivity contribution in [2.75, 3.05) is 26.0 Å². The first-order valence-electron chi connectivity index (χ1n) is 8.45. The summed E-state index contributed by atoms with van der Waals surface area (Å²) in [5, 5.41) is 15.9. The molecule has 0 bridgehead atoms. The van der Waals surface area contributed by atoms with Gasteiger partial charge in [0.25, 0.3) is 5.69 Å². The molecule has 2 aromatic rings. The summed E-state index contributed by atoms with van der Waals surface area (Å²) in [7, 11) is 3.58. The van der Waals surface area contributed by atoms with Gasteiger partial charge in [-0.15, -0.1) is 0 Å². The molecule has 0 spiro atoms. The number of anilines is 1. The number of halogens is 1. The van der Waals surface area contributed by atoms with Gasteiger partial charge >= 0.3 is 11.8 Å². The molecule has 0 fully saturated rings. The minimum absolute atomic E-state index is 0.0570. The molecule has 2 N–H and O–H groups in total. The minimum Gasteiger partial charge on any atom is -0.346 e. The fourth-order valence-corrected chi connectivity index (χ4v) is 2.63. The number of nitro groups is 1. The Balaban J connectivity index is 2.05. The molecule has 0 saturated carbocycles. The van der Waals surface area contributed by atoms with Gasteiger partial charge in [-0.1, -0.05) is 18.2 Å². The van der Waals surface area contributed by atoms with Crippen molar-refractivity contribution in [3.8, 4) is 0 Å². The maximum atomic E-state index is 13.1. The summed E-state index contributed by atoms with van der Waals surface area (Å²) in [6.45, 7) is 1.78. The van der Waals surface area contributed by atoms with Crippen LogP contribution in [0.3, 0.4) is 0 Å². The molecule has 0 heterocycles. The van der Waals surface area contributed by atoms with Gasteiger partial charge in [-0.25, -0.2) is 4.39 Å². The van der Waals surface area contributed by atoms with E-state index in [1.54, 1.807) is 39.2 Å². The minimum atomic E-state index is -1.01. The number of aryl methyl sites for hydroxylation is 1. The smallest absolute Gasteiger partial charge is 0.313 e. The zero-order valence-corrected chi connectivity index (χ0v) is 15.7. The van der Waals surface area contributed by atoms with Crippen molar-refractivity contribution in [1.82, 2.24) is 10.2 Å². The summed E-state index contributed by atoms with van der Waals surface area (Å²) >= 11 is 0. The zero-order valence-electron chi connectivity index (χ0n) is 15.7. The number of nitro benzene ring substituents is 1. The molecule has 0 aliphatic rings. The van der Waals surface area contributed by atoms with Crippen LogP contribution < -0.4 is 10.6 Å². The van der Waals surface area contributed by atoms with Crippen molar-refractivity contribution < 1.29 is 18.9 Å². The number of hydrogen-bond donors (Lipinski definition) is 2. The van der Waals surface area contributed by atoms with Crippen molar-refractivity contribution in [3.05, 3.63) is 69.5 Å². The third-order valence-electron chi connectivity index (χ3n) is 4.14. The van der Waals surface area contributed by atoms with Crippen LogP contribution in [0.25, 0.3) is 0 Å². The van der Waals surface area contributed by atoms with Crippen LogP contribution in [0.2, 0.25) is 0 Å². The average molecular weight is 388 g/mol.